The fourth-order valence-corrected chi connectivity index (χ4v) is 2.37. The van der Waals surface area contributed by atoms with Crippen LogP contribution < -0.4 is 16.5 Å². The van der Waals surface area contributed by atoms with Gasteiger partial charge in [-0.05, 0) is 23.2 Å². The molecule has 8 heteroatoms. The van der Waals surface area contributed by atoms with E-state index in [1.807, 2.05) is 24.3 Å². The Morgan fingerprint density at radius 2 is 2.00 bits per heavy atom. The van der Waals surface area contributed by atoms with Gasteiger partial charge in [-0.2, -0.15) is 0 Å². The Kier molecular flexibility index (Phi) is 4.58. The number of carbonyl (C=O) groups is 1. The highest BCUT2D eigenvalue weighted by molar-refractivity contribution is 6.61. The number of hydrogen-bond donors (Lipinski definition) is 3. The predicted molar refractivity (Wildman–Crippen MR) is 92.5 cm³/mol. The van der Waals surface area contributed by atoms with Crippen molar-refractivity contribution >= 4 is 41.5 Å². The average Bonchev–Trinajstić information content (AvgIpc) is 2.61. The van der Waals surface area contributed by atoms with Crippen LogP contribution in [0.5, 0.6) is 0 Å². The molecule has 0 saturated heterocycles. The predicted octanol–water partition coefficient (Wildman–Crippen LogP) is 0.685. The number of carbonyl (C=O) groups excluding carboxylic acids is 1. The van der Waals surface area contributed by atoms with Gasteiger partial charge in [-0.25, -0.2) is 9.97 Å². The molecule has 4 N–H and O–H groups in total. The number of para-hydroxylation sites is 1. The van der Waals surface area contributed by atoms with Gasteiger partial charge >= 0.3 is 7.12 Å². The Labute approximate surface area is 138 Å². The number of anilines is 2. The van der Waals surface area contributed by atoms with Crippen LogP contribution in [-0.4, -0.2) is 28.6 Å². The van der Waals surface area contributed by atoms with Gasteiger partial charge in [-0.1, -0.05) is 30.3 Å². The second-order valence-electron chi connectivity index (χ2n) is 5.15. The van der Waals surface area contributed by atoms with Crippen LogP contribution in [0.25, 0.3) is 10.9 Å². The molecule has 0 amide bonds. The number of hydrogen-bond acceptors (Lipinski definition) is 7. The summed E-state index contributed by atoms with van der Waals surface area (Å²) < 4.78 is 4.49. The van der Waals surface area contributed by atoms with E-state index in [4.69, 9.17) is 5.73 Å². The largest absolute Gasteiger partial charge is 0.561 e. The minimum Gasteiger partial charge on any atom is -0.508 e. The van der Waals surface area contributed by atoms with Crippen LogP contribution in [-0.2, 0) is 16.0 Å². The standard InChI is InChI=1S/C16H15BN4O3/c18-14-3-1-2-13-15(14)20-9-21-16(13)19-8-11-4-6-12(7-5-11)17(23)24-10-22/h1-7,9-10,23H,8,18H2,(H,19,20,21). The summed E-state index contributed by atoms with van der Waals surface area (Å²) in [6.07, 6.45) is 1.47. The first-order chi connectivity index (χ1) is 11.7. The first kappa shape index (κ1) is 15.8. The Balaban J connectivity index is 1.74. The lowest BCUT2D eigenvalue weighted by Gasteiger charge is -2.10. The number of rotatable bonds is 6. The minimum atomic E-state index is -1.25. The third-order valence-corrected chi connectivity index (χ3v) is 3.61. The molecule has 120 valence electrons. The van der Waals surface area contributed by atoms with E-state index in [2.05, 4.69) is 19.9 Å². The number of nitrogen functional groups attached to an aromatic ring is 1. The van der Waals surface area contributed by atoms with E-state index in [0.29, 0.717) is 29.0 Å². The van der Waals surface area contributed by atoms with Gasteiger partial charge in [0, 0.05) is 11.9 Å². The van der Waals surface area contributed by atoms with Gasteiger partial charge in [-0.3, -0.25) is 4.79 Å². The van der Waals surface area contributed by atoms with Crippen LogP contribution in [0.1, 0.15) is 5.56 Å². The average molecular weight is 322 g/mol. The highest BCUT2D eigenvalue weighted by atomic mass is 16.5. The summed E-state index contributed by atoms with van der Waals surface area (Å²) in [5.41, 5.74) is 8.72. The Morgan fingerprint density at radius 1 is 1.21 bits per heavy atom. The van der Waals surface area contributed by atoms with Gasteiger partial charge in [0.05, 0.1) is 11.2 Å². The summed E-state index contributed by atoms with van der Waals surface area (Å²) >= 11 is 0. The van der Waals surface area contributed by atoms with Crippen molar-refractivity contribution in [2.45, 2.75) is 6.54 Å². The van der Waals surface area contributed by atoms with Gasteiger partial charge in [0.2, 0.25) is 0 Å². The van der Waals surface area contributed by atoms with E-state index in [-0.39, 0.29) is 6.47 Å². The van der Waals surface area contributed by atoms with Crippen LogP contribution in [0.3, 0.4) is 0 Å². The molecule has 3 aromatic rings. The zero-order valence-electron chi connectivity index (χ0n) is 12.7. The molecule has 24 heavy (non-hydrogen) atoms. The summed E-state index contributed by atoms with van der Waals surface area (Å²) in [4.78, 5) is 18.7. The van der Waals surface area contributed by atoms with Gasteiger partial charge in [0.15, 0.2) is 0 Å². The molecular formula is C16H15BN4O3. The summed E-state index contributed by atoms with van der Waals surface area (Å²) in [6, 6.07) is 12.6. The van der Waals surface area contributed by atoms with Crippen molar-refractivity contribution in [2.75, 3.05) is 11.1 Å². The summed E-state index contributed by atoms with van der Waals surface area (Å²) in [7, 11) is -1.25. The van der Waals surface area contributed by atoms with Crippen LogP contribution >= 0.6 is 0 Å². The number of nitrogens with one attached hydrogen (secondary N) is 1. The molecule has 0 atom stereocenters. The van der Waals surface area contributed by atoms with E-state index < -0.39 is 7.12 Å². The fraction of sp³-hybridized carbons (Fsp3) is 0.0625. The van der Waals surface area contributed by atoms with Gasteiger partial charge in [0.25, 0.3) is 6.47 Å². The van der Waals surface area contributed by atoms with Gasteiger partial charge < -0.3 is 20.7 Å². The second-order valence-corrected chi connectivity index (χ2v) is 5.15. The Bertz CT molecular complexity index is 858. The highest BCUT2D eigenvalue weighted by Crippen LogP contribution is 2.23. The minimum absolute atomic E-state index is 0.214. The Hall–Kier alpha value is -3.13. The van der Waals surface area contributed by atoms with Crippen molar-refractivity contribution in [2.24, 2.45) is 0 Å². The van der Waals surface area contributed by atoms with E-state index in [0.717, 1.165) is 10.9 Å². The molecule has 0 unspecified atom stereocenters. The van der Waals surface area contributed by atoms with Crippen molar-refractivity contribution in [1.82, 2.24) is 9.97 Å². The molecule has 2 aromatic carbocycles. The molecule has 0 fully saturated rings. The molecule has 3 rings (SSSR count). The first-order valence-electron chi connectivity index (χ1n) is 7.28. The number of nitrogens with two attached hydrogens (primary N) is 1. The van der Waals surface area contributed by atoms with Gasteiger partial charge in [0.1, 0.15) is 12.1 Å². The SMILES string of the molecule is Nc1cccc2c(NCc3ccc(B(O)OC=O)cc3)ncnc12. The van der Waals surface area contributed by atoms with Crippen LogP contribution in [0, 0.1) is 0 Å². The van der Waals surface area contributed by atoms with Gasteiger partial charge in [-0.15, -0.1) is 0 Å². The third kappa shape index (κ3) is 3.28. The third-order valence-electron chi connectivity index (χ3n) is 3.61. The molecule has 0 spiro atoms. The van der Waals surface area contributed by atoms with Crippen molar-refractivity contribution in [3.8, 4) is 0 Å². The van der Waals surface area contributed by atoms with Crippen LogP contribution in [0.2, 0.25) is 0 Å². The maximum Gasteiger partial charge on any atom is 0.561 e. The molecule has 7 nitrogen and oxygen atoms in total. The summed E-state index contributed by atoms with van der Waals surface area (Å²) in [6.45, 7) is 0.748. The maximum atomic E-state index is 10.2. The maximum absolute atomic E-state index is 10.2. The van der Waals surface area contributed by atoms with Crippen LogP contribution in [0.4, 0.5) is 11.5 Å². The van der Waals surface area contributed by atoms with E-state index in [1.54, 1.807) is 18.2 Å². The number of benzene rings is 2. The van der Waals surface area contributed by atoms with Crippen molar-refractivity contribution in [3.63, 3.8) is 0 Å². The lowest BCUT2D eigenvalue weighted by atomic mass is 9.79. The second kappa shape index (κ2) is 6.97. The molecule has 1 heterocycles. The summed E-state index contributed by atoms with van der Waals surface area (Å²) in [5.74, 6) is 0.695. The smallest absolute Gasteiger partial charge is 0.508 e. The fourth-order valence-electron chi connectivity index (χ4n) is 2.37. The lowest BCUT2D eigenvalue weighted by molar-refractivity contribution is -0.121. The normalized spacial score (nSPS) is 10.4. The van der Waals surface area contributed by atoms with Crippen molar-refractivity contribution in [3.05, 3.63) is 54.4 Å². The molecule has 0 radical (unpaired) electrons. The zero-order valence-corrected chi connectivity index (χ0v) is 12.7. The number of aromatic nitrogens is 2. The summed E-state index contributed by atoms with van der Waals surface area (Å²) in [5, 5.41) is 13.7. The molecule has 1 aromatic heterocycles. The molecule has 0 aliphatic rings. The topological polar surface area (TPSA) is 110 Å². The van der Waals surface area contributed by atoms with Crippen LogP contribution in [0.15, 0.2) is 48.8 Å². The quantitative estimate of drug-likeness (QED) is 0.348. The Morgan fingerprint density at radius 3 is 2.75 bits per heavy atom. The molecular weight excluding hydrogens is 307 g/mol. The first-order valence-corrected chi connectivity index (χ1v) is 7.28. The number of nitrogens with zero attached hydrogens (tertiary/aromatic N) is 2. The molecule has 0 aliphatic heterocycles. The monoisotopic (exact) mass is 322 g/mol. The highest BCUT2D eigenvalue weighted by Gasteiger charge is 2.16. The molecule has 0 bridgehead atoms. The van der Waals surface area contributed by atoms with Crippen molar-refractivity contribution < 1.29 is 14.5 Å². The van der Waals surface area contributed by atoms with Crippen molar-refractivity contribution in [1.29, 1.82) is 0 Å². The molecule has 0 saturated carbocycles. The molecule has 0 aliphatic carbocycles. The van der Waals surface area contributed by atoms with E-state index in [9.17, 15) is 9.82 Å². The van der Waals surface area contributed by atoms with E-state index in [1.165, 1.54) is 6.33 Å². The van der Waals surface area contributed by atoms with E-state index >= 15 is 0 Å². The zero-order chi connectivity index (χ0) is 16.9. The lowest BCUT2D eigenvalue weighted by Crippen LogP contribution is -2.33. The number of fused-ring (bicyclic) bond motifs is 1.